The second kappa shape index (κ2) is 10.5. The van der Waals surface area contributed by atoms with Crippen LogP contribution in [0.1, 0.15) is 39.1 Å². The number of hydrogen-bond acceptors (Lipinski definition) is 5. The average Bonchev–Trinajstić information content (AvgIpc) is 2.99. The molecule has 158 valence electrons. The summed E-state index contributed by atoms with van der Waals surface area (Å²) in [6, 6.07) is 14.4. The Morgan fingerprint density at radius 1 is 0.900 bits per heavy atom. The maximum atomic E-state index is 12.2. The third kappa shape index (κ3) is 5.12. The minimum atomic E-state index is -0.614. The maximum Gasteiger partial charge on any atom is 0.333 e. The van der Waals surface area contributed by atoms with E-state index in [0.717, 1.165) is 24.3 Å². The molecular formula is C22H22Cl2N2O4. The van der Waals surface area contributed by atoms with Crippen LogP contribution < -0.4 is 4.90 Å². The molecule has 0 N–H and O–H groups in total. The van der Waals surface area contributed by atoms with Crippen molar-refractivity contribution in [3.63, 3.8) is 0 Å². The van der Waals surface area contributed by atoms with E-state index < -0.39 is 17.8 Å². The Kier molecular flexibility index (Phi) is 7.71. The first kappa shape index (κ1) is 22.1. The molecule has 30 heavy (non-hydrogen) atoms. The van der Waals surface area contributed by atoms with Crippen LogP contribution in [0, 0.1) is 0 Å². The average molecular weight is 449 g/mol. The van der Waals surface area contributed by atoms with E-state index >= 15 is 0 Å². The molecule has 0 fully saturated rings. The number of hydroxylamine groups is 2. The zero-order chi connectivity index (χ0) is 21.5. The van der Waals surface area contributed by atoms with Gasteiger partial charge in [0.25, 0.3) is 11.8 Å². The second-order valence-electron chi connectivity index (χ2n) is 6.80. The third-order valence-corrected chi connectivity index (χ3v) is 5.14. The molecule has 2 aromatic carbocycles. The zero-order valence-corrected chi connectivity index (χ0v) is 17.9. The largest absolute Gasteiger partial charge is 0.369 e. The highest BCUT2D eigenvalue weighted by Crippen LogP contribution is 2.23. The number of nitrogens with zero attached hydrogens (tertiary/aromatic N) is 2. The summed E-state index contributed by atoms with van der Waals surface area (Å²) in [6.07, 6.45) is 1.30. The fraction of sp³-hybridized carbons (Fsp3) is 0.318. The van der Waals surface area contributed by atoms with E-state index in [4.69, 9.17) is 28.0 Å². The molecule has 0 saturated heterocycles. The highest BCUT2D eigenvalue weighted by atomic mass is 35.5. The monoisotopic (exact) mass is 448 g/mol. The zero-order valence-electron chi connectivity index (χ0n) is 16.4. The van der Waals surface area contributed by atoms with Gasteiger partial charge in [0.05, 0.1) is 11.1 Å². The number of aryl methyl sites for hydroxylation is 1. The smallest absolute Gasteiger partial charge is 0.333 e. The van der Waals surface area contributed by atoms with Crippen LogP contribution >= 0.6 is 23.2 Å². The van der Waals surface area contributed by atoms with Gasteiger partial charge in [0.2, 0.25) is 0 Å². The quantitative estimate of drug-likeness (QED) is 0.405. The van der Waals surface area contributed by atoms with Gasteiger partial charge in [-0.15, -0.1) is 23.2 Å². The number of carbonyl (C=O) groups is 3. The Bertz CT molecular complexity index is 877. The van der Waals surface area contributed by atoms with Crippen LogP contribution in [0.15, 0.2) is 48.5 Å². The van der Waals surface area contributed by atoms with Crippen molar-refractivity contribution in [3.05, 3.63) is 65.2 Å². The number of halogens is 2. The molecule has 0 unspecified atom stereocenters. The molecule has 2 amide bonds. The van der Waals surface area contributed by atoms with Crippen molar-refractivity contribution in [2.24, 2.45) is 0 Å². The van der Waals surface area contributed by atoms with E-state index in [-0.39, 0.29) is 17.5 Å². The van der Waals surface area contributed by atoms with Crippen molar-refractivity contribution < 1.29 is 19.2 Å². The number of anilines is 1. The Morgan fingerprint density at radius 2 is 1.47 bits per heavy atom. The highest BCUT2D eigenvalue weighted by Gasteiger charge is 2.38. The highest BCUT2D eigenvalue weighted by molar-refractivity contribution is 6.21. The summed E-state index contributed by atoms with van der Waals surface area (Å²) >= 11 is 11.7. The molecular weight excluding hydrogens is 427 g/mol. The summed E-state index contributed by atoms with van der Waals surface area (Å²) in [5, 5.41) is 0.546. The van der Waals surface area contributed by atoms with Gasteiger partial charge in [-0.2, -0.15) is 0 Å². The fourth-order valence-corrected chi connectivity index (χ4v) is 3.69. The molecule has 0 atom stereocenters. The number of fused-ring (bicyclic) bond motifs is 1. The van der Waals surface area contributed by atoms with Crippen LogP contribution in [0.2, 0.25) is 0 Å². The number of carbonyl (C=O) groups excluding carboxylic acids is 3. The summed E-state index contributed by atoms with van der Waals surface area (Å²) in [5.74, 6) is -0.797. The molecule has 1 aliphatic heterocycles. The van der Waals surface area contributed by atoms with Gasteiger partial charge >= 0.3 is 5.97 Å². The van der Waals surface area contributed by atoms with Crippen molar-refractivity contribution in [2.45, 2.75) is 19.3 Å². The molecule has 1 aliphatic rings. The van der Waals surface area contributed by atoms with Crippen LogP contribution in [0.3, 0.4) is 0 Å². The predicted molar refractivity (Wildman–Crippen MR) is 116 cm³/mol. The van der Waals surface area contributed by atoms with Gasteiger partial charge in [0, 0.05) is 37.0 Å². The van der Waals surface area contributed by atoms with Gasteiger partial charge in [-0.3, -0.25) is 9.59 Å². The van der Waals surface area contributed by atoms with Gasteiger partial charge in [0.1, 0.15) is 0 Å². The first-order valence-corrected chi connectivity index (χ1v) is 10.8. The van der Waals surface area contributed by atoms with Crippen molar-refractivity contribution in [1.82, 2.24) is 5.06 Å². The van der Waals surface area contributed by atoms with Crippen LogP contribution in [-0.2, 0) is 16.1 Å². The SMILES string of the molecule is O=C(CCCc1ccc(N(CCCl)CCCl)cc1)ON1C(=O)c2ccccc2C1=O. The summed E-state index contributed by atoms with van der Waals surface area (Å²) < 4.78 is 0. The molecule has 0 aromatic heterocycles. The van der Waals surface area contributed by atoms with Crippen LogP contribution in [0.5, 0.6) is 0 Å². The number of imide groups is 1. The molecule has 1 heterocycles. The topological polar surface area (TPSA) is 66.9 Å². The summed E-state index contributed by atoms with van der Waals surface area (Å²) in [5.41, 5.74) is 2.61. The summed E-state index contributed by atoms with van der Waals surface area (Å²) in [6.45, 7) is 1.44. The van der Waals surface area contributed by atoms with E-state index in [9.17, 15) is 14.4 Å². The first-order chi connectivity index (χ1) is 14.5. The minimum absolute atomic E-state index is 0.0970. The molecule has 0 aliphatic carbocycles. The molecule has 0 radical (unpaired) electrons. The van der Waals surface area contributed by atoms with E-state index in [0.29, 0.717) is 29.7 Å². The number of amides is 2. The minimum Gasteiger partial charge on any atom is -0.369 e. The lowest BCUT2D eigenvalue weighted by atomic mass is 10.1. The molecule has 8 heteroatoms. The predicted octanol–water partition coefficient (Wildman–Crippen LogP) is 4.05. The fourth-order valence-electron chi connectivity index (χ4n) is 3.28. The van der Waals surface area contributed by atoms with Crippen molar-refractivity contribution in [3.8, 4) is 0 Å². The van der Waals surface area contributed by atoms with Crippen LogP contribution in [-0.4, -0.2) is 47.7 Å². The molecule has 0 bridgehead atoms. The number of benzene rings is 2. The van der Waals surface area contributed by atoms with Crippen molar-refractivity contribution >= 4 is 46.7 Å². The van der Waals surface area contributed by atoms with E-state index in [1.165, 1.54) is 12.1 Å². The van der Waals surface area contributed by atoms with Gasteiger partial charge in [-0.05, 0) is 42.7 Å². The lowest BCUT2D eigenvalue weighted by molar-refractivity contribution is -0.168. The van der Waals surface area contributed by atoms with Crippen LogP contribution in [0.4, 0.5) is 5.69 Å². The Labute approximate surface area is 185 Å². The third-order valence-electron chi connectivity index (χ3n) is 4.81. The van der Waals surface area contributed by atoms with Crippen molar-refractivity contribution in [2.75, 3.05) is 29.7 Å². The Hall–Kier alpha value is -2.57. The number of rotatable bonds is 10. The Balaban J connectivity index is 1.48. The standard InChI is InChI=1S/C22H22Cl2N2O4/c23-12-14-25(15-13-24)17-10-8-16(9-11-17)4-3-7-20(27)30-26-21(28)18-5-1-2-6-19(18)22(26)29/h1-2,5-6,8-11H,3-4,7,12-15H2. The number of hydrogen-bond donors (Lipinski definition) is 0. The molecule has 3 rings (SSSR count). The van der Waals surface area contributed by atoms with E-state index in [1.54, 1.807) is 12.1 Å². The van der Waals surface area contributed by atoms with E-state index in [1.807, 2.05) is 24.3 Å². The normalized spacial score (nSPS) is 12.8. The van der Waals surface area contributed by atoms with Crippen LogP contribution in [0.25, 0.3) is 0 Å². The molecule has 0 saturated carbocycles. The lowest BCUT2D eigenvalue weighted by Crippen LogP contribution is -2.32. The Morgan fingerprint density at radius 3 is 2.00 bits per heavy atom. The van der Waals surface area contributed by atoms with Gasteiger partial charge < -0.3 is 9.74 Å². The first-order valence-electron chi connectivity index (χ1n) is 9.69. The summed E-state index contributed by atoms with van der Waals surface area (Å²) in [4.78, 5) is 43.7. The van der Waals surface area contributed by atoms with Gasteiger partial charge in [0.15, 0.2) is 0 Å². The maximum absolute atomic E-state index is 12.2. The second-order valence-corrected chi connectivity index (χ2v) is 7.55. The molecule has 0 spiro atoms. The molecule has 6 nitrogen and oxygen atoms in total. The van der Waals surface area contributed by atoms with Gasteiger partial charge in [-0.1, -0.05) is 29.3 Å². The van der Waals surface area contributed by atoms with Crippen molar-refractivity contribution in [1.29, 1.82) is 0 Å². The number of alkyl halides is 2. The summed E-state index contributed by atoms with van der Waals surface area (Å²) in [7, 11) is 0. The lowest BCUT2D eigenvalue weighted by Gasteiger charge is -2.23. The van der Waals surface area contributed by atoms with Gasteiger partial charge in [-0.25, -0.2) is 4.79 Å². The van der Waals surface area contributed by atoms with E-state index in [2.05, 4.69) is 4.90 Å². The molecule has 2 aromatic rings.